The maximum Gasteiger partial charge on any atom is 0.229 e. The summed E-state index contributed by atoms with van der Waals surface area (Å²) in [6.07, 6.45) is 2.05. The summed E-state index contributed by atoms with van der Waals surface area (Å²) in [6, 6.07) is 7.30. The monoisotopic (exact) mass is 518 g/mol. The SMILES string of the molecule is CCCSc1nnc(NC(=O)C2CCN(S(=O)(=O)Cc3cccc(Br)c3)CC2)s1. The molecule has 3 rings (SSSR count). The molecule has 0 saturated carbocycles. The van der Waals surface area contributed by atoms with Crippen molar-refractivity contribution in [3.8, 4) is 0 Å². The quantitative estimate of drug-likeness (QED) is 0.419. The van der Waals surface area contributed by atoms with Crippen molar-refractivity contribution in [3.63, 3.8) is 0 Å². The molecule has 1 amide bonds. The van der Waals surface area contributed by atoms with Crippen molar-refractivity contribution in [1.29, 1.82) is 0 Å². The number of anilines is 1. The van der Waals surface area contributed by atoms with Gasteiger partial charge in [0.25, 0.3) is 0 Å². The van der Waals surface area contributed by atoms with Crippen LogP contribution in [0.3, 0.4) is 0 Å². The topological polar surface area (TPSA) is 92.3 Å². The molecule has 1 saturated heterocycles. The molecular weight excluding hydrogens is 496 g/mol. The van der Waals surface area contributed by atoms with Crippen molar-refractivity contribution >= 4 is 60.1 Å². The fourth-order valence-electron chi connectivity index (χ4n) is 3.04. The van der Waals surface area contributed by atoms with E-state index in [1.807, 2.05) is 18.2 Å². The Labute approximate surface area is 187 Å². The Morgan fingerprint density at radius 3 is 2.79 bits per heavy atom. The molecule has 0 atom stereocenters. The Hall–Kier alpha value is -1.01. The number of aromatic nitrogens is 2. The number of nitrogens with zero attached hydrogens (tertiary/aromatic N) is 3. The zero-order valence-corrected chi connectivity index (χ0v) is 20.0. The predicted molar refractivity (Wildman–Crippen MR) is 121 cm³/mol. The highest BCUT2D eigenvalue weighted by molar-refractivity contribution is 9.10. The number of nitrogens with one attached hydrogen (secondary N) is 1. The van der Waals surface area contributed by atoms with Gasteiger partial charge in [-0.1, -0.05) is 58.1 Å². The Balaban J connectivity index is 1.51. The standard InChI is InChI=1S/C18H23BrN4O3S3/c1-2-10-27-18-22-21-17(28-18)20-16(24)14-6-8-23(9-7-14)29(25,26)12-13-4-3-5-15(19)11-13/h3-5,11,14H,2,6-10,12H2,1H3,(H,20,21,24). The van der Waals surface area contributed by atoms with Crippen LogP contribution in [0.2, 0.25) is 0 Å². The average Bonchev–Trinajstić information content (AvgIpc) is 3.13. The van der Waals surface area contributed by atoms with Crippen molar-refractivity contribution in [2.75, 3.05) is 24.2 Å². The number of carbonyl (C=O) groups excluding carboxylic acids is 1. The number of hydrogen-bond acceptors (Lipinski definition) is 7. The summed E-state index contributed by atoms with van der Waals surface area (Å²) in [5.74, 6) is 0.599. The summed E-state index contributed by atoms with van der Waals surface area (Å²) < 4.78 is 28.6. The number of piperidine rings is 1. The van der Waals surface area contributed by atoms with E-state index < -0.39 is 10.0 Å². The van der Waals surface area contributed by atoms with E-state index in [2.05, 4.69) is 38.4 Å². The van der Waals surface area contributed by atoms with Gasteiger partial charge in [0, 0.05) is 29.2 Å². The Kier molecular flexibility index (Phi) is 8.08. The number of hydrogen-bond donors (Lipinski definition) is 1. The molecule has 0 spiro atoms. The third-order valence-electron chi connectivity index (χ3n) is 4.52. The zero-order chi connectivity index (χ0) is 20.9. The molecule has 2 heterocycles. The third-order valence-corrected chi connectivity index (χ3v) is 9.04. The second kappa shape index (κ2) is 10.3. The van der Waals surface area contributed by atoms with E-state index in [0.717, 1.165) is 26.5 Å². The van der Waals surface area contributed by atoms with E-state index in [1.165, 1.54) is 15.6 Å². The van der Waals surface area contributed by atoms with Gasteiger partial charge >= 0.3 is 0 Å². The second-order valence-corrected chi connectivity index (χ2v) is 12.0. The van der Waals surface area contributed by atoms with Crippen LogP contribution in [-0.2, 0) is 20.6 Å². The van der Waals surface area contributed by atoms with Crippen LogP contribution < -0.4 is 5.32 Å². The summed E-state index contributed by atoms with van der Waals surface area (Å²) in [5, 5.41) is 11.4. The number of benzene rings is 1. The molecule has 1 aliphatic rings. The van der Waals surface area contributed by atoms with Crippen molar-refractivity contribution in [1.82, 2.24) is 14.5 Å². The molecular formula is C18H23BrN4O3S3. The van der Waals surface area contributed by atoms with E-state index >= 15 is 0 Å². The van der Waals surface area contributed by atoms with E-state index in [-0.39, 0.29) is 17.6 Å². The molecule has 0 bridgehead atoms. The van der Waals surface area contributed by atoms with Gasteiger partial charge < -0.3 is 5.32 Å². The first-order valence-electron chi connectivity index (χ1n) is 9.37. The lowest BCUT2D eigenvalue weighted by Gasteiger charge is -2.30. The molecule has 29 heavy (non-hydrogen) atoms. The number of halogens is 1. The molecule has 2 aromatic rings. The first-order valence-corrected chi connectivity index (χ1v) is 13.6. The Morgan fingerprint density at radius 2 is 2.10 bits per heavy atom. The zero-order valence-electron chi connectivity index (χ0n) is 16.0. The summed E-state index contributed by atoms with van der Waals surface area (Å²) >= 11 is 6.36. The second-order valence-electron chi connectivity index (χ2n) is 6.77. The minimum atomic E-state index is -3.41. The van der Waals surface area contributed by atoms with Crippen molar-refractivity contribution in [2.45, 2.75) is 36.3 Å². The van der Waals surface area contributed by atoms with Crippen molar-refractivity contribution in [3.05, 3.63) is 34.3 Å². The first kappa shape index (κ1) is 22.7. The van der Waals surface area contributed by atoms with E-state index in [4.69, 9.17) is 0 Å². The number of thioether (sulfide) groups is 1. The molecule has 7 nitrogen and oxygen atoms in total. The van der Waals surface area contributed by atoms with E-state index in [1.54, 1.807) is 17.8 Å². The van der Waals surface area contributed by atoms with Crippen LogP contribution in [0.25, 0.3) is 0 Å². The average molecular weight is 520 g/mol. The highest BCUT2D eigenvalue weighted by atomic mass is 79.9. The van der Waals surface area contributed by atoms with Gasteiger partial charge in [-0.3, -0.25) is 4.79 Å². The van der Waals surface area contributed by atoms with Crippen LogP contribution in [0.5, 0.6) is 0 Å². The fourth-order valence-corrected chi connectivity index (χ4v) is 6.72. The van der Waals surface area contributed by atoms with Gasteiger partial charge in [0.05, 0.1) is 5.75 Å². The molecule has 11 heteroatoms. The van der Waals surface area contributed by atoms with Crippen LogP contribution in [0.4, 0.5) is 5.13 Å². The van der Waals surface area contributed by atoms with Gasteiger partial charge in [0.2, 0.25) is 21.1 Å². The smallest absolute Gasteiger partial charge is 0.229 e. The van der Waals surface area contributed by atoms with Gasteiger partial charge in [0.1, 0.15) is 0 Å². The third kappa shape index (κ3) is 6.48. The predicted octanol–water partition coefficient (Wildman–Crippen LogP) is 3.98. The van der Waals surface area contributed by atoms with Crippen LogP contribution >= 0.6 is 39.0 Å². The van der Waals surface area contributed by atoms with Gasteiger partial charge in [-0.05, 0) is 37.0 Å². The van der Waals surface area contributed by atoms with E-state index in [0.29, 0.717) is 31.1 Å². The number of sulfonamides is 1. The van der Waals surface area contributed by atoms with Crippen molar-refractivity contribution < 1.29 is 13.2 Å². The highest BCUT2D eigenvalue weighted by Crippen LogP contribution is 2.28. The summed E-state index contributed by atoms with van der Waals surface area (Å²) in [4.78, 5) is 12.5. The molecule has 1 aliphatic heterocycles. The van der Waals surface area contributed by atoms with Gasteiger partial charge in [0.15, 0.2) is 4.34 Å². The van der Waals surface area contributed by atoms with Crippen LogP contribution in [0.15, 0.2) is 33.1 Å². The van der Waals surface area contributed by atoms with Crippen LogP contribution in [0, 0.1) is 5.92 Å². The molecule has 158 valence electrons. The summed E-state index contributed by atoms with van der Waals surface area (Å²) in [7, 11) is -3.41. The largest absolute Gasteiger partial charge is 0.300 e. The Morgan fingerprint density at radius 1 is 1.34 bits per heavy atom. The van der Waals surface area contributed by atoms with Gasteiger partial charge in [-0.2, -0.15) is 0 Å². The number of amides is 1. The minimum Gasteiger partial charge on any atom is -0.300 e. The maximum absolute atomic E-state index is 12.7. The van der Waals surface area contributed by atoms with E-state index in [9.17, 15) is 13.2 Å². The maximum atomic E-state index is 12.7. The molecule has 0 radical (unpaired) electrons. The number of carbonyl (C=O) groups is 1. The molecule has 1 fully saturated rings. The molecule has 0 aliphatic carbocycles. The lowest BCUT2D eigenvalue weighted by atomic mass is 9.97. The lowest BCUT2D eigenvalue weighted by molar-refractivity contribution is -0.120. The minimum absolute atomic E-state index is 0.0354. The molecule has 0 unspecified atom stereocenters. The first-order chi connectivity index (χ1) is 13.9. The van der Waals surface area contributed by atoms with Crippen LogP contribution in [-0.4, -0.2) is 47.7 Å². The highest BCUT2D eigenvalue weighted by Gasteiger charge is 2.31. The molecule has 1 aromatic carbocycles. The normalized spacial score (nSPS) is 16.1. The number of rotatable bonds is 8. The lowest BCUT2D eigenvalue weighted by Crippen LogP contribution is -2.41. The summed E-state index contributed by atoms with van der Waals surface area (Å²) in [6.45, 7) is 2.80. The molecule has 1 aromatic heterocycles. The fraction of sp³-hybridized carbons (Fsp3) is 0.500. The van der Waals surface area contributed by atoms with Gasteiger partial charge in [-0.15, -0.1) is 10.2 Å². The van der Waals surface area contributed by atoms with Crippen molar-refractivity contribution in [2.24, 2.45) is 5.92 Å². The Bertz CT molecular complexity index is 943. The van der Waals surface area contributed by atoms with Crippen LogP contribution in [0.1, 0.15) is 31.7 Å². The molecule has 1 N–H and O–H groups in total. The summed E-state index contributed by atoms with van der Waals surface area (Å²) in [5.41, 5.74) is 0.743. The van der Waals surface area contributed by atoms with Gasteiger partial charge in [-0.25, -0.2) is 12.7 Å².